The maximum Gasteiger partial charge on any atom is 0.411 e. The van der Waals surface area contributed by atoms with Gasteiger partial charge in [0.1, 0.15) is 17.8 Å². The minimum absolute atomic E-state index is 0.0176. The smallest absolute Gasteiger partial charge is 0.411 e. The van der Waals surface area contributed by atoms with Crippen LogP contribution in [0.5, 0.6) is 0 Å². The second-order valence-corrected chi connectivity index (χ2v) is 7.36. The van der Waals surface area contributed by atoms with E-state index in [4.69, 9.17) is 4.74 Å². The summed E-state index contributed by atoms with van der Waals surface area (Å²) in [5.74, 6) is -0.320. The number of rotatable bonds is 5. The van der Waals surface area contributed by atoms with Crippen LogP contribution < -0.4 is 5.32 Å². The van der Waals surface area contributed by atoms with Crippen LogP contribution in [-0.4, -0.2) is 47.8 Å². The van der Waals surface area contributed by atoms with Gasteiger partial charge in [-0.1, -0.05) is 30.3 Å². The van der Waals surface area contributed by atoms with E-state index in [1.165, 1.54) is 10.5 Å². The molecule has 1 aliphatic heterocycles. The van der Waals surface area contributed by atoms with E-state index in [0.29, 0.717) is 6.54 Å². The molecule has 2 amide bonds. The second kappa shape index (κ2) is 8.32. The van der Waals surface area contributed by atoms with Crippen molar-refractivity contribution in [1.82, 2.24) is 10.2 Å². The number of ether oxygens (including phenoxy) is 1. The van der Waals surface area contributed by atoms with Crippen LogP contribution in [0.3, 0.4) is 0 Å². The van der Waals surface area contributed by atoms with Crippen LogP contribution in [-0.2, 0) is 16.0 Å². The molecule has 2 atom stereocenters. The quantitative estimate of drug-likeness (QED) is 0.830. The Hall–Kier alpha value is -2.11. The van der Waals surface area contributed by atoms with Gasteiger partial charge in [0.2, 0.25) is 5.91 Å². The number of carbonyl (C=O) groups excluding carboxylic acids is 2. The Morgan fingerprint density at radius 3 is 2.60 bits per heavy atom. The fraction of sp³-hybridized carbons (Fsp3) is 0.579. The zero-order valence-electron chi connectivity index (χ0n) is 15.1. The van der Waals surface area contributed by atoms with Crippen molar-refractivity contribution in [2.24, 2.45) is 0 Å². The number of hydrogen-bond acceptors (Lipinski definition) is 3. The molecule has 1 fully saturated rings. The molecule has 0 spiro atoms. The molecular weight excluding hydrogens is 323 g/mol. The molecule has 25 heavy (non-hydrogen) atoms. The molecule has 0 aromatic heterocycles. The summed E-state index contributed by atoms with van der Waals surface area (Å²) in [6.45, 7) is 5.62. The molecule has 0 aliphatic carbocycles. The van der Waals surface area contributed by atoms with Crippen molar-refractivity contribution >= 4 is 12.0 Å². The van der Waals surface area contributed by atoms with Gasteiger partial charge in [-0.3, -0.25) is 9.69 Å². The molecule has 2 rings (SSSR count). The predicted molar refractivity (Wildman–Crippen MR) is 94.0 cm³/mol. The molecule has 0 bridgehead atoms. The summed E-state index contributed by atoms with van der Waals surface area (Å²) in [5, 5.41) is 2.81. The summed E-state index contributed by atoms with van der Waals surface area (Å²) in [6.07, 6.45) is -0.185. The monoisotopic (exact) mass is 350 g/mol. The van der Waals surface area contributed by atoms with Gasteiger partial charge in [-0.25, -0.2) is 9.18 Å². The Labute approximate surface area is 148 Å². The van der Waals surface area contributed by atoms with Crippen molar-refractivity contribution in [3.05, 3.63) is 35.9 Å². The van der Waals surface area contributed by atoms with Crippen molar-refractivity contribution in [3.63, 3.8) is 0 Å². The molecule has 1 aromatic rings. The van der Waals surface area contributed by atoms with Gasteiger partial charge in [-0.05, 0) is 39.2 Å². The van der Waals surface area contributed by atoms with Gasteiger partial charge in [0.25, 0.3) is 0 Å². The summed E-state index contributed by atoms with van der Waals surface area (Å²) >= 11 is 0. The van der Waals surface area contributed by atoms with Gasteiger partial charge in [0.15, 0.2) is 0 Å². The highest BCUT2D eigenvalue weighted by Crippen LogP contribution is 2.23. The number of benzene rings is 1. The largest absolute Gasteiger partial charge is 0.444 e. The normalized spacial score (nSPS) is 20.4. The lowest BCUT2D eigenvalue weighted by Gasteiger charge is -2.27. The van der Waals surface area contributed by atoms with Crippen LogP contribution >= 0.6 is 0 Å². The van der Waals surface area contributed by atoms with Gasteiger partial charge in [0, 0.05) is 13.0 Å². The molecule has 1 aromatic carbocycles. The van der Waals surface area contributed by atoms with Crippen LogP contribution in [0.4, 0.5) is 9.18 Å². The van der Waals surface area contributed by atoms with Crippen molar-refractivity contribution in [3.8, 4) is 0 Å². The predicted octanol–water partition coefficient (Wildman–Crippen LogP) is 3.08. The van der Waals surface area contributed by atoms with Crippen molar-refractivity contribution in [2.45, 2.75) is 57.8 Å². The first-order valence-electron chi connectivity index (χ1n) is 8.71. The Bertz CT molecular complexity index is 586. The highest BCUT2D eigenvalue weighted by Gasteiger charge is 2.41. The molecule has 1 aliphatic rings. The first-order valence-corrected chi connectivity index (χ1v) is 8.71. The highest BCUT2D eigenvalue weighted by molar-refractivity contribution is 5.86. The summed E-state index contributed by atoms with van der Waals surface area (Å²) < 4.78 is 19.0. The molecule has 6 heteroatoms. The summed E-state index contributed by atoms with van der Waals surface area (Å²) in [5.41, 5.74) is 0.527. The van der Waals surface area contributed by atoms with E-state index in [1.54, 1.807) is 20.8 Å². The van der Waals surface area contributed by atoms with Crippen molar-refractivity contribution < 1.29 is 18.7 Å². The standard InChI is InChI=1S/C19H27FN2O3/c1-19(2,3)25-18(24)22-13-15(20)12-16(22)17(23)21-11-7-10-14-8-5-4-6-9-14/h4-6,8-9,15-16H,7,10-13H2,1-3H3,(H,21,23)/t15-,16+/m1/s1. The number of carbonyl (C=O) groups is 2. The Morgan fingerprint density at radius 1 is 1.28 bits per heavy atom. The third-order valence-electron chi connectivity index (χ3n) is 3.96. The third kappa shape index (κ3) is 6.03. The highest BCUT2D eigenvalue weighted by atomic mass is 19.1. The van der Waals surface area contributed by atoms with E-state index >= 15 is 0 Å². The number of nitrogens with one attached hydrogen (secondary N) is 1. The van der Waals surface area contributed by atoms with Crippen LogP contribution in [0.2, 0.25) is 0 Å². The number of nitrogens with zero attached hydrogens (tertiary/aromatic N) is 1. The van der Waals surface area contributed by atoms with Crippen LogP contribution in [0.25, 0.3) is 0 Å². The number of likely N-dealkylation sites (tertiary alicyclic amines) is 1. The second-order valence-electron chi connectivity index (χ2n) is 7.36. The number of amides is 2. The van der Waals surface area contributed by atoms with E-state index in [0.717, 1.165) is 12.8 Å². The topological polar surface area (TPSA) is 58.6 Å². The average molecular weight is 350 g/mol. The Balaban J connectivity index is 1.83. The van der Waals surface area contributed by atoms with Crippen molar-refractivity contribution in [2.75, 3.05) is 13.1 Å². The summed E-state index contributed by atoms with van der Waals surface area (Å²) in [7, 11) is 0. The Kier molecular flexibility index (Phi) is 6.39. The minimum Gasteiger partial charge on any atom is -0.444 e. The SMILES string of the molecule is CC(C)(C)OC(=O)N1C[C@H](F)C[C@H]1C(=O)NCCCc1ccccc1. The number of alkyl halides is 1. The lowest BCUT2D eigenvalue weighted by Crippen LogP contribution is -2.47. The molecule has 0 saturated carbocycles. The van der Waals surface area contributed by atoms with Crippen LogP contribution in [0.15, 0.2) is 30.3 Å². The van der Waals surface area contributed by atoms with E-state index in [-0.39, 0.29) is 18.9 Å². The average Bonchev–Trinajstić information content (AvgIpc) is 2.93. The van der Waals surface area contributed by atoms with Gasteiger partial charge in [-0.2, -0.15) is 0 Å². The van der Waals surface area contributed by atoms with Crippen LogP contribution in [0.1, 0.15) is 39.2 Å². The van der Waals surface area contributed by atoms with E-state index in [2.05, 4.69) is 5.32 Å². The van der Waals surface area contributed by atoms with E-state index in [9.17, 15) is 14.0 Å². The molecule has 1 saturated heterocycles. The number of halogens is 1. The van der Waals surface area contributed by atoms with Gasteiger partial charge in [0.05, 0.1) is 6.54 Å². The first-order chi connectivity index (χ1) is 11.8. The van der Waals surface area contributed by atoms with Gasteiger partial charge < -0.3 is 10.1 Å². The third-order valence-corrected chi connectivity index (χ3v) is 3.96. The van der Waals surface area contributed by atoms with Gasteiger partial charge in [-0.15, -0.1) is 0 Å². The fourth-order valence-corrected chi connectivity index (χ4v) is 2.82. The zero-order valence-corrected chi connectivity index (χ0v) is 15.1. The number of hydrogen-bond donors (Lipinski definition) is 1. The maximum atomic E-state index is 13.8. The minimum atomic E-state index is -1.20. The molecule has 5 nitrogen and oxygen atoms in total. The Morgan fingerprint density at radius 2 is 1.96 bits per heavy atom. The van der Waals surface area contributed by atoms with E-state index in [1.807, 2.05) is 30.3 Å². The lowest BCUT2D eigenvalue weighted by molar-refractivity contribution is -0.125. The first kappa shape index (κ1) is 19.2. The fourth-order valence-electron chi connectivity index (χ4n) is 2.82. The lowest BCUT2D eigenvalue weighted by atomic mass is 10.1. The van der Waals surface area contributed by atoms with E-state index < -0.39 is 23.9 Å². The molecule has 138 valence electrons. The maximum absolute atomic E-state index is 13.8. The summed E-state index contributed by atoms with van der Waals surface area (Å²) in [4.78, 5) is 25.7. The molecule has 1 heterocycles. The molecule has 0 radical (unpaired) electrons. The van der Waals surface area contributed by atoms with Crippen LogP contribution in [0, 0.1) is 0 Å². The van der Waals surface area contributed by atoms with Crippen molar-refractivity contribution in [1.29, 1.82) is 0 Å². The summed E-state index contributed by atoms with van der Waals surface area (Å²) in [6, 6.07) is 9.19. The molecule has 0 unspecified atom stereocenters. The zero-order chi connectivity index (χ0) is 18.4. The molecular formula is C19H27FN2O3. The number of aryl methyl sites for hydroxylation is 1. The molecule has 1 N–H and O–H groups in total. The van der Waals surface area contributed by atoms with Gasteiger partial charge >= 0.3 is 6.09 Å².